The molecule has 166 valence electrons. The van der Waals surface area contributed by atoms with Crippen molar-refractivity contribution in [2.24, 2.45) is 0 Å². The van der Waals surface area contributed by atoms with Crippen LogP contribution in [0, 0.1) is 0 Å². The quantitative estimate of drug-likeness (QED) is 0.530. The SMILES string of the molecule is CCc1ccc(C2C(C(=O)c3cc4ccccc4o3)=C(O)C(=O)N2CCCN(C)C)cc1. The smallest absolute Gasteiger partial charge is 0.290 e. The first-order valence-electron chi connectivity index (χ1n) is 10.9. The Hall–Kier alpha value is -3.38. The summed E-state index contributed by atoms with van der Waals surface area (Å²) in [5.74, 6) is -1.37. The maximum Gasteiger partial charge on any atom is 0.290 e. The van der Waals surface area contributed by atoms with Gasteiger partial charge in [0.05, 0.1) is 11.6 Å². The van der Waals surface area contributed by atoms with Crippen molar-refractivity contribution in [3.63, 3.8) is 0 Å². The first-order valence-corrected chi connectivity index (χ1v) is 10.9. The van der Waals surface area contributed by atoms with E-state index in [2.05, 4.69) is 6.92 Å². The number of para-hydroxylation sites is 1. The number of aliphatic hydroxyl groups is 1. The van der Waals surface area contributed by atoms with Crippen LogP contribution in [-0.4, -0.2) is 53.8 Å². The molecule has 32 heavy (non-hydrogen) atoms. The highest BCUT2D eigenvalue weighted by Gasteiger charge is 2.44. The van der Waals surface area contributed by atoms with Gasteiger partial charge in [-0.15, -0.1) is 0 Å². The van der Waals surface area contributed by atoms with Crippen molar-refractivity contribution < 1.29 is 19.1 Å². The largest absolute Gasteiger partial charge is 0.503 e. The summed E-state index contributed by atoms with van der Waals surface area (Å²) in [5.41, 5.74) is 2.62. The number of Topliss-reactive ketones (excluding diaryl/α,β-unsaturated/α-hetero) is 1. The highest BCUT2D eigenvalue weighted by molar-refractivity contribution is 6.16. The molecule has 1 atom stereocenters. The third kappa shape index (κ3) is 4.06. The summed E-state index contributed by atoms with van der Waals surface area (Å²) in [6, 6.07) is 16.2. The molecular formula is C26H28N2O4. The zero-order chi connectivity index (χ0) is 22.8. The summed E-state index contributed by atoms with van der Waals surface area (Å²) in [6.45, 7) is 3.29. The van der Waals surface area contributed by atoms with Crippen molar-refractivity contribution in [2.75, 3.05) is 27.2 Å². The summed E-state index contributed by atoms with van der Waals surface area (Å²) < 4.78 is 5.76. The Morgan fingerprint density at radius 3 is 2.50 bits per heavy atom. The van der Waals surface area contributed by atoms with Crippen molar-refractivity contribution in [1.82, 2.24) is 9.80 Å². The Balaban J connectivity index is 1.74. The highest BCUT2D eigenvalue weighted by atomic mass is 16.3. The molecule has 2 aromatic carbocycles. The third-order valence-corrected chi connectivity index (χ3v) is 5.91. The van der Waals surface area contributed by atoms with E-state index in [1.54, 1.807) is 17.0 Å². The van der Waals surface area contributed by atoms with Gasteiger partial charge in [0.2, 0.25) is 5.78 Å². The summed E-state index contributed by atoms with van der Waals surface area (Å²) in [6.07, 6.45) is 1.62. The number of rotatable bonds is 8. The Kier molecular flexibility index (Phi) is 6.15. The molecule has 2 heterocycles. The Labute approximate surface area is 187 Å². The van der Waals surface area contributed by atoms with Gasteiger partial charge in [-0.05, 0) is 56.7 Å². The third-order valence-electron chi connectivity index (χ3n) is 5.91. The van der Waals surface area contributed by atoms with Gasteiger partial charge in [-0.2, -0.15) is 0 Å². The van der Waals surface area contributed by atoms with E-state index in [0.717, 1.165) is 35.9 Å². The fourth-order valence-electron chi connectivity index (χ4n) is 4.18. The lowest BCUT2D eigenvalue weighted by Crippen LogP contribution is -2.33. The normalized spacial score (nSPS) is 16.6. The van der Waals surface area contributed by atoms with Crippen LogP contribution in [0.25, 0.3) is 11.0 Å². The molecule has 6 heteroatoms. The Morgan fingerprint density at radius 1 is 1.12 bits per heavy atom. The zero-order valence-corrected chi connectivity index (χ0v) is 18.7. The number of ketones is 1. The van der Waals surface area contributed by atoms with Crippen LogP contribution < -0.4 is 0 Å². The van der Waals surface area contributed by atoms with Crippen LogP contribution in [-0.2, 0) is 11.2 Å². The first-order chi connectivity index (χ1) is 15.4. The molecule has 1 amide bonds. The number of fused-ring (bicyclic) bond motifs is 1. The molecule has 1 aliphatic heterocycles. The predicted molar refractivity (Wildman–Crippen MR) is 124 cm³/mol. The number of hydrogen-bond donors (Lipinski definition) is 1. The number of furan rings is 1. The van der Waals surface area contributed by atoms with E-state index in [0.29, 0.717) is 12.1 Å². The van der Waals surface area contributed by atoms with Crippen LogP contribution in [0.3, 0.4) is 0 Å². The minimum Gasteiger partial charge on any atom is -0.503 e. The second-order valence-corrected chi connectivity index (χ2v) is 8.39. The predicted octanol–water partition coefficient (Wildman–Crippen LogP) is 4.53. The molecule has 0 fully saturated rings. The number of carbonyl (C=O) groups is 2. The maximum absolute atomic E-state index is 13.5. The summed E-state index contributed by atoms with van der Waals surface area (Å²) in [4.78, 5) is 30.2. The lowest BCUT2D eigenvalue weighted by Gasteiger charge is -2.27. The number of amides is 1. The molecule has 0 spiro atoms. The van der Waals surface area contributed by atoms with E-state index < -0.39 is 23.5 Å². The lowest BCUT2D eigenvalue weighted by atomic mass is 9.94. The molecule has 1 aliphatic rings. The van der Waals surface area contributed by atoms with E-state index in [1.807, 2.05) is 61.5 Å². The van der Waals surface area contributed by atoms with Crippen molar-refractivity contribution in [3.8, 4) is 0 Å². The van der Waals surface area contributed by atoms with Gasteiger partial charge in [-0.25, -0.2) is 0 Å². The standard InChI is InChI=1S/C26H28N2O4/c1-4-17-10-12-18(13-11-17)23-22(25(30)26(31)28(23)15-7-14-27(2)3)24(29)21-16-19-8-5-6-9-20(19)32-21/h5-6,8-13,16,23,30H,4,7,14-15H2,1-3H3. The van der Waals surface area contributed by atoms with Gasteiger partial charge >= 0.3 is 0 Å². The van der Waals surface area contributed by atoms with Crippen molar-refractivity contribution in [3.05, 3.63) is 82.8 Å². The Morgan fingerprint density at radius 2 is 1.84 bits per heavy atom. The van der Waals surface area contributed by atoms with E-state index in [-0.39, 0.29) is 11.3 Å². The van der Waals surface area contributed by atoms with Gasteiger partial charge in [0.1, 0.15) is 5.58 Å². The molecule has 1 N–H and O–H groups in total. The molecule has 0 saturated heterocycles. The number of nitrogens with zero attached hydrogens (tertiary/aromatic N) is 2. The topological polar surface area (TPSA) is 74.0 Å². The summed E-state index contributed by atoms with van der Waals surface area (Å²) in [5, 5.41) is 11.6. The van der Waals surface area contributed by atoms with Gasteiger partial charge in [-0.3, -0.25) is 9.59 Å². The average Bonchev–Trinajstić information content (AvgIpc) is 3.33. The van der Waals surface area contributed by atoms with E-state index >= 15 is 0 Å². The van der Waals surface area contributed by atoms with Crippen molar-refractivity contribution in [2.45, 2.75) is 25.8 Å². The summed E-state index contributed by atoms with van der Waals surface area (Å²) >= 11 is 0. The van der Waals surface area contributed by atoms with Crippen LogP contribution in [0.15, 0.2) is 70.3 Å². The van der Waals surface area contributed by atoms with Gasteiger partial charge in [0.25, 0.3) is 5.91 Å². The Bertz CT molecular complexity index is 1140. The molecule has 3 aromatic rings. The van der Waals surface area contributed by atoms with E-state index in [1.165, 1.54) is 0 Å². The van der Waals surface area contributed by atoms with Crippen molar-refractivity contribution >= 4 is 22.7 Å². The lowest BCUT2D eigenvalue weighted by molar-refractivity contribution is -0.129. The zero-order valence-electron chi connectivity index (χ0n) is 18.7. The molecular weight excluding hydrogens is 404 g/mol. The fourth-order valence-corrected chi connectivity index (χ4v) is 4.18. The number of carbonyl (C=O) groups excluding carboxylic acids is 2. The van der Waals surface area contributed by atoms with Gasteiger partial charge in [0.15, 0.2) is 11.5 Å². The minimum atomic E-state index is -0.656. The number of benzene rings is 2. The van der Waals surface area contributed by atoms with Crippen LogP contribution in [0.5, 0.6) is 0 Å². The van der Waals surface area contributed by atoms with Gasteiger partial charge in [-0.1, -0.05) is 49.4 Å². The second-order valence-electron chi connectivity index (χ2n) is 8.39. The number of aliphatic hydroxyl groups excluding tert-OH is 1. The van der Waals surface area contributed by atoms with Crippen LogP contribution in [0.4, 0.5) is 0 Å². The molecule has 1 aromatic heterocycles. The first kappa shape index (κ1) is 21.8. The minimum absolute atomic E-state index is 0.0724. The monoisotopic (exact) mass is 432 g/mol. The molecule has 1 unspecified atom stereocenters. The van der Waals surface area contributed by atoms with Gasteiger partial charge < -0.3 is 19.3 Å². The average molecular weight is 433 g/mol. The molecule has 4 rings (SSSR count). The molecule has 0 saturated carbocycles. The van der Waals surface area contributed by atoms with Crippen molar-refractivity contribution in [1.29, 1.82) is 0 Å². The highest BCUT2D eigenvalue weighted by Crippen LogP contribution is 2.39. The fraction of sp³-hybridized carbons (Fsp3) is 0.308. The van der Waals surface area contributed by atoms with Gasteiger partial charge in [0, 0.05) is 11.9 Å². The van der Waals surface area contributed by atoms with Crippen LogP contribution in [0.1, 0.15) is 41.1 Å². The van der Waals surface area contributed by atoms with Crippen LogP contribution >= 0.6 is 0 Å². The number of hydrogen-bond acceptors (Lipinski definition) is 5. The molecule has 0 radical (unpaired) electrons. The van der Waals surface area contributed by atoms with Crippen LogP contribution in [0.2, 0.25) is 0 Å². The second kappa shape index (κ2) is 9.01. The summed E-state index contributed by atoms with van der Waals surface area (Å²) in [7, 11) is 3.94. The number of aryl methyl sites for hydroxylation is 1. The maximum atomic E-state index is 13.5. The van der Waals surface area contributed by atoms with E-state index in [9.17, 15) is 14.7 Å². The van der Waals surface area contributed by atoms with E-state index in [4.69, 9.17) is 4.42 Å². The molecule has 6 nitrogen and oxygen atoms in total. The molecule has 0 aliphatic carbocycles. The molecule has 0 bridgehead atoms.